The van der Waals surface area contributed by atoms with Crippen molar-refractivity contribution in [2.75, 3.05) is 20.8 Å². The SMILES string of the molecule is COc1ccc(C(=O)Sc2ccccc2C(=O)NCCC(N)=O)cc1OC. The van der Waals surface area contributed by atoms with E-state index in [4.69, 9.17) is 15.2 Å². The molecule has 0 aromatic heterocycles. The zero-order chi connectivity index (χ0) is 19.8. The van der Waals surface area contributed by atoms with Gasteiger partial charge in [-0.1, -0.05) is 12.1 Å². The smallest absolute Gasteiger partial charge is 0.252 e. The van der Waals surface area contributed by atoms with Gasteiger partial charge < -0.3 is 20.5 Å². The van der Waals surface area contributed by atoms with E-state index in [1.54, 1.807) is 42.5 Å². The van der Waals surface area contributed by atoms with E-state index in [1.165, 1.54) is 14.2 Å². The zero-order valence-electron chi connectivity index (χ0n) is 15.0. The third kappa shape index (κ3) is 5.49. The van der Waals surface area contributed by atoms with Crippen molar-refractivity contribution >= 4 is 28.7 Å². The summed E-state index contributed by atoms with van der Waals surface area (Å²) in [6.07, 6.45) is 0.0472. The fraction of sp³-hybridized carbons (Fsp3) is 0.211. The van der Waals surface area contributed by atoms with Crippen molar-refractivity contribution in [3.8, 4) is 11.5 Å². The van der Waals surface area contributed by atoms with E-state index in [1.807, 2.05) is 0 Å². The van der Waals surface area contributed by atoms with Crippen LogP contribution in [0.3, 0.4) is 0 Å². The summed E-state index contributed by atoms with van der Waals surface area (Å²) in [7, 11) is 3.01. The lowest BCUT2D eigenvalue weighted by Crippen LogP contribution is -2.28. The van der Waals surface area contributed by atoms with Crippen molar-refractivity contribution in [3.63, 3.8) is 0 Å². The Hall–Kier alpha value is -3.00. The molecule has 0 saturated carbocycles. The number of hydrogen-bond donors (Lipinski definition) is 2. The Balaban J connectivity index is 2.16. The second-order valence-electron chi connectivity index (χ2n) is 5.43. The summed E-state index contributed by atoms with van der Waals surface area (Å²) >= 11 is 0.936. The minimum absolute atomic E-state index is 0.0472. The van der Waals surface area contributed by atoms with Crippen LogP contribution in [0.1, 0.15) is 27.1 Å². The van der Waals surface area contributed by atoms with Gasteiger partial charge >= 0.3 is 0 Å². The fourth-order valence-electron chi connectivity index (χ4n) is 2.26. The summed E-state index contributed by atoms with van der Waals surface area (Å²) in [5.74, 6) is 0.0933. The van der Waals surface area contributed by atoms with Crippen LogP contribution in [0.25, 0.3) is 0 Å². The molecule has 2 aromatic carbocycles. The molecule has 0 aliphatic rings. The van der Waals surface area contributed by atoms with E-state index in [9.17, 15) is 14.4 Å². The van der Waals surface area contributed by atoms with Gasteiger partial charge in [-0.3, -0.25) is 14.4 Å². The Morgan fingerprint density at radius 3 is 2.41 bits per heavy atom. The fourth-order valence-corrected chi connectivity index (χ4v) is 3.12. The van der Waals surface area contributed by atoms with Crippen molar-refractivity contribution in [1.29, 1.82) is 0 Å². The van der Waals surface area contributed by atoms with Gasteiger partial charge in [0.25, 0.3) is 5.91 Å². The third-order valence-electron chi connectivity index (χ3n) is 3.61. The first-order valence-corrected chi connectivity index (χ1v) is 8.87. The van der Waals surface area contributed by atoms with Crippen LogP contribution in [0.4, 0.5) is 0 Å². The number of thioether (sulfide) groups is 1. The zero-order valence-corrected chi connectivity index (χ0v) is 15.8. The summed E-state index contributed by atoms with van der Waals surface area (Å²) in [5, 5.41) is 2.37. The van der Waals surface area contributed by atoms with Gasteiger partial charge in [0.05, 0.1) is 19.8 Å². The number of primary amides is 1. The number of carbonyl (C=O) groups excluding carboxylic acids is 3. The van der Waals surface area contributed by atoms with Gasteiger partial charge in [0.1, 0.15) is 0 Å². The van der Waals surface area contributed by atoms with Crippen LogP contribution in [0.2, 0.25) is 0 Å². The molecule has 0 unspecified atom stereocenters. The molecule has 0 aliphatic carbocycles. The van der Waals surface area contributed by atoms with Crippen LogP contribution in [0.5, 0.6) is 11.5 Å². The van der Waals surface area contributed by atoms with Crippen LogP contribution in [0.15, 0.2) is 47.4 Å². The number of methoxy groups -OCH3 is 2. The number of nitrogens with two attached hydrogens (primary N) is 1. The monoisotopic (exact) mass is 388 g/mol. The lowest BCUT2D eigenvalue weighted by atomic mass is 10.2. The molecule has 0 saturated heterocycles. The van der Waals surface area contributed by atoms with E-state index in [-0.39, 0.29) is 24.0 Å². The molecular weight excluding hydrogens is 368 g/mol. The molecule has 2 amide bonds. The maximum absolute atomic E-state index is 12.6. The standard InChI is InChI=1S/C19H20N2O5S/c1-25-14-8-7-12(11-15(14)26-2)19(24)27-16-6-4-3-5-13(16)18(23)21-10-9-17(20)22/h3-8,11H,9-10H2,1-2H3,(H2,20,22)(H,21,23). The number of amides is 2. The lowest BCUT2D eigenvalue weighted by molar-refractivity contribution is -0.117. The molecule has 0 aliphatic heterocycles. The summed E-state index contributed by atoms with van der Waals surface area (Å²) in [5.41, 5.74) is 5.83. The molecule has 3 N–H and O–H groups in total. The third-order valence-corrected chi connectivity index (χ3v) is 4.61. The first kappa shape index (κ1) is 20.3. The van der Waals surface area contributed by atoms with Crippen LogP contribution < -0.4 is 20.5 Å². The average Bonchev–Trinajstić information content (AvgIpc) is 2.67. The van der Waals surface area contributed by atoms with Crippen molar-refractivity contribution in [1.82, 2.24) is 5.32 Å². The molecule has 7 nitrogen and oxygen atoms in total. The molecule has 8 heteroatoms. The van der Waals surface area contributed by atoms with Gasteiger partial charge in [0, 0.05) is 23.4 Å². The first-order valence-electron chi connectivity index (χ1n) is 8.06. The summed E-state index contributed by atoms with van der Waals surface area (Å²) < 4.78 is 10.4. The largest absolute Gasteiger partial charge is 0.493 e. The molecule has 27 heavy (non-hydrogen) atoms. The highest BCUT2D eigenvalue weighted by Crippen LogP contribution is 2.31. The Labute approximate surface area is 161 Å². The second-order valence-corrected chi connectivity index (χ2v) is 6.44. The average molecular weight is 388 g/mol. The minimum Gasteiger partial charge on any atom is -0.493 e. The Morgan fingerprint density at radius 2 is 1.74 bits per heavy atom. The number of rotatable bonds is 8. The highest BCUT2D eigenvalue weighted by molar-refractivity contribution is 8.14. The number of carbonyl (C=O) groups is 3. The molecule has 2 rings (SSSR count). The quantitative estimate of drug-likeness (QED) is 0.672. The van der Waals surface area contributed by atoms with E-state index in [2.05, 4.69) is 5.32 Å². The van der Waals surface area contributed by atoms with Gasteiger partial charge in [0.2, 0.25) is 11.0 Å². The highest BCUT2D eigenvalue weighted by Gasteiger charge is 2.17. The van der Waals surface area contributed by atoms with Crippen LogP contribution in [-0.2, 0) is 4.79 Å². The second kappa shape index (κ2) is 9.63. The number of hydrogen-bond acceptors (Lipinski definition) is 6. The highest BCUT2D eigenvalue weighted by atomic mass is 32.2. The molecular formula is C19H20N2O5S. The van der Waals surface area contributed by atoms with E-state index in [0.29, 0.717) is 27.5 Å². The van der Waals surface area contributed by atoms with Gasteiger partial charge in [-0.15, -0.1) is 0 Å². The molecule has 0 heterocycles. The van der Waals surface area contributed by atoms with Crippen LogP contribution >= 0.6 is 11.8 Å². The molecule has 0 fully saturated rings. The van der Waals surface area contributed by atoms with Crippen molar-refractivity contribution < 1.29 is 23.9 Å². The number of benzene rings is 2. The molecule has 142 valence electrons. The minimum atomic E-state index is -0.499. The summed E-state index contributed by atoms with van der Waals surface area (Å²) in [4.78, 5) is 36.3. The molecule has 0 bridgehead atoms. The maximum Gasteiger partial charge on any atom is 0.252 e. The van der Waals surface area contributed by atoms with Crippen molar-refractivity contribution in [2.45, 2.75) is 11.3 Å². The molecule has 0 atom stereocenters. The Kier molecular flexibility index (Phi) is 7.25. The van der Waals surface area contributed by atoms with Gasteiger partial charge in [0.15, 0.2) is 11.5 Å². The van der Waals surface area contributed by atoms with Gasteiger partial charge in [-0.25, -0.2) is 0 Å². The summed E-state index contributed by atoms with van der Waals surface area (Å²) in [6, 6.07) is 11.6. The topological polar surface area (TPSA) is 108 Å². The Morgan fingerprint density at radius 1 is 1.04 bits per heavy atom. The summed E-state index contributed by atoms with van der Waals surface area (Å²) in [6.45, 7) is 0.136. The van der Waals surface area contributed by atoms with Gasteiger partial charge in [-0.2, -0.15) is 0 Å². The molecule has 0 radical (unpaired) electrons. The molecule has 2 aromatic rings. The van der Waals surface area contributed by atoms with Crippen molar-refractivity contribution in [2.24, 2.45) is 5.73 Å². The van der Waals surface area contributed by atoms with E-state index in [0.717, 1.165) is 11.8 Å². The van der Waals surface area contributed by atoms with Crippen molar-refractivity contribution in [3.05, 3.63) is 53.6 Å². The molecule has 0 spiro atoms. The normalized spacial score (nSPS) is 10.1. The van der Waals surface area contributed by atoms with Crippen LogP contribution in [-0.4, -0.2) is 37.7 Å². The number of ether oxygens (including phenoxy) is 2. The maximum atomic E-state index is 12.6. The number of nitrogens with one attached hydrogen (secondary N) is 1. The van der Waals surface area contributed by atoms with E-state index >= 15 is 0 Å². The first-order chi connectivity index (χ1) is 13.0. The van der Waals surface area contributed by atoms with E-state index < -0.39 is 5.91 Å². The predicted molar refractivity (Wildman–Crippen MR) is 102 cm³/mol. The van der Waals surface area contributed by atoms with Gasteiger partial charge in [-0.05, 0) is 42.1 Å². The predicted octanol–water partition coefficient (Wildman–Crippen LogP) is 2.24. The van der Waals surface area contributed by atoms with Crippen LogP contribution in [0, 0.1) is 0 Å². The Bertz CT molecular complexity index is 854. The lowest BCUT2D eigenvalue weighted by Gasteiger charge is -2.11.